The summed E-state index contributed by atoms with van der Waals surface area (Å²) in [6.07, 6.45) is 2.02. The molecule has 190 valence electrons. The van der Waals surface area contributed by atoms with Gasteiger partial charge in [-0.1, -0.05) is 45.8 Å². The zero-order valence-electron chi connectivity index (χ0n) is 19.5. The number of anilines is 1. The summed E-state index contributed by atoms with van der Waals surface area (Å²) < 4.78 is 0.811. The summed E-state index contributed by atoms with van der Waals surface area (Å²) in [5, 5.41) is 10.8. The minimum atomic E-state index is -1.91. The minimum Gasteiger partial charge on any atom is -0.508 e. The van der Waals surface area contributed by atoms with Crippen molar-refractivity contribution >= 4 is 68.4 Å². The molecule has 6 rings (SSSR count). The first-order valence-electron chi connectivity index (χ1n) is 11.8. The van der Waals surface area contributed by atoms with E-state index in [0.29, 0.717) is 16.8 Å². The Morgan fingerprint density at radius 1 is 0.946 bits per heavy atom. The molecule has 4 aliphatic rings. The number of hydrogen-bond donors (Lipinski definition) is 1. The maximum atomic E-state index is 13.9. The lowest BCUT2D eigenvalue weighted by atomic mass is 9.56. The molecule has 0 unspecified atom stereocenters. The molecule has 4 amide bonds. The van der Waals surface area contributed by atoms with Crippen molar-refractivity contribution in [3.63, 3.8) is 0 Å². The number of amides is 4. The normalized spacial score (nSPS) is 34.9. The molecule has 2 heterocycles. The number of likely N-dealkylation sites (tertiary alicyclic amines) is 1. The predicted octanol–water partition coefficient (Wildman–Crippen LogP) is 4.35. The van der Waals surface area contributed by atoms with Crippen LogP contribution in [-0.2, 0) is 19.2 Å². The molecule has 1 N–H and O–H groups in total. The van der Waals surface area contributed by atoms with Crippen LogP contribution >= 0.6 is 39.1 Å². The second-order valence-electron chi connectivity index (χ2n) is 10.0. The molecule has 2 aromatic rings. The van der Waals surface area contributed by atoms with Crippen LogP contribution in [0.1, 0.15) is 24.3 Å². The van der Waals surface area contributed by atoms with Gasteiger partial charge in [0.2, 0.25) is 11.8 Å². The van der Waals surface area contributed by atoms with Gasteiger partial charge in [-0.15, -0.1) is 23.2 Å². The summed E-state index contributed by atoms with van der Waals surface area (Å²) in [6, 6.07) is 13.4. The number of rotatable bonds is 2. The van der Waals surface area contributed by atoms with E-state index in [1.54, 1.807) is 42.5 Å². The lowest BCUT2D eigenvalue weighted by molar-refractivity contribution is -0.138. The Labute approximate surface area is 231 Å². The Morgan fingerprint density at radius 2 is 1.62 bits per heavy atom. The fourth-order valence-corrected chi connectivity index (χ4v) is 7.94. The van der Waals surface area contributed by atoms with Gasteiger partial charge in [0.1, 0.15) is 5.75 Å². The number of benzene rings is 2. The Bertz CT molecular complexity index is 1430. The van der Waals surface area contributed by atoms with Gasteiger partial charge in [-0.2, -0.15) is 0 Å². The number of carbonyl (C=O) groups excluding carboxylic acids is 4. The average molecular weight is 604 g/mol. The van der Waals surface area contributed by atoms with Gasteiger partial charge in [-0.25, -0.2) is 0 Å². The van der Waals surface area contributed by atoms with Crippen molar-refractivity contribution in [2.75, 3.05) is 11.9 Å². The SMILES string of the molecule is CN1C(=O)[C@]2(Cl)C[C@@H]3C(=CC[C@@H]4C(=O)N(c5ccc(Br)cc5)C(=O)[C@@H]43)[C@H](c3ccccc3O)[C@]2(Cl)C1=O. The number of halogens is 3. The van der Waals surface area contributed by atoms with Crippen LogP contribution in [0, 0.1) is 17.8 Å². The van der Waals surface area contributed by atoms with E-state index in [4.69, 9.17) is 23.2 Å². The number of aromatic hydroxyl groups is 1. The number of alkyl halides is 2. The van der Waals surface area contributed by atoms with Crippen molar-refractivity contribution in [3.8, 4) is 5.75 Å². The van der Waals surface area contributed by atoms with Crippen LogP contribution in [0.4, 0.5) is 5.69 Å². The Morgan fingerprint density at radius 3 is 2.30 bits per heavy atom. The summed E-state index contributed by atoms with van der Waals surface area (Å²) in [5.41, 5.74) is 1.44. The molecule has 0 radical (unpaired) electrons. The summed E-state index contributed by atoms with van der Waals surface area (Å²) in [7, 11) is 1.33. The van der Waals surface area contributed by atoms with Crippen LogP contribution in [0.15, 0.2) is 64.7 Å². The van der Waals surface area contributed by atoms with Crippen molar-refractivity contribution in [1.29, 1.82) is 0 Å². The molecular weight excluding hydrogens is 583 g/mol. The number of fused-ring (bicyclic) bond motifs is 4. The molecule has 2 aliphatic heterocycles. The van der Waals surface area contributed by atoms with Crippen LogP contribution in [0.3, 0.4) is 0 Å². The zero-order chi connectivity index (χ0) is 26.4. The summed E-state index contributed by atoms with van der Waals surface area (Å²) >= 11 is 17.5. The second-order valence-corrected chi connectivity index (χ2v) is 12.2. The first-order valence-corrected chi connectivity index (χ1v) is 13.4. The highest BCUT2D eigenvalue weighted by Crippen LogP contribution is 2.66. The monoisotopic (exact) mass is 602 g/mol. The van der Waals surface area contributed by atoms with Crippen LogP contribution in [0.25, 0.3) is 0 Å². The molecule has 2 aliphatic carbocycles. The van der Waals surface area contributed by atoms with Gasteiger partial charge in [0.25, 0.3) is 11.8 Å². The Kier molecular flexibility index (Phi) is 5.43. The number of phenolic OH excluding ortho intramolecular Hbond substituents is 1. The third-order valence-electron chi connectivity index (χ3n) is 8.35. The van der Waals surface area contributed by atoms with Crippen molar-refractivity contribution in [2.45, 2.75) is 28.5 Å². The van der Waals surface area contributed by atoms with Gasteiger partial charge in [-0.3, -0.25) is 29.0 Å². The van der Waals surface area contributed by atoms with E-state index in [2.05, 4.69) is 15.9 Å². The quantitative estimate of drug-likeness (QED) is 0.313. The standard InChI is InChI=1S/C27H21BrCl2N2O5/c1-31-24(36)26(29)12-18-15(21(27(26,30)25(31)37)16-4-2-3-5-19(16)33)10-11-17-20(18)23(35)32(22(17)34)14-8-6-13(28)7-9-14/h2-10,17-18,20-21,33H,11-12H2,1H3/t17-,18+,20-,21+,26+,27-/m0/s1. The number of hydrogen-bond acceptors (Lipinski definition) is 5. The molecule has 3 fully saturated rings. The van der Waals surface area contributed by atoms with E-state index in [9.17, 15) is 24.3 Å². The van der Waals surface area contributed by atoms with Gasteiger partial charge in [-0.05, 0) is 49.1 Å². The summed E-state index contributed by atoms with van der Waals surface area (Å²) in [4.78, 5) is 52.6. The third kappa shape index (κ3) is 3.06. The van der Waals surface area contributed by atoms with Crippen LogP contribution < -0.4 is 4.90 Å². The number of para-hydroxylation sites is 1. The maximum Gasteiger partial charge on any atom is 0.253 e. The number of imide groups is 2. The van der Waals surface area contributed by atoms with E-state index >= 15 is 0 Å². The van der Waals surface area contributed by atoms with E-state index in [1.165, 1.54) is 18.0 Å². The molecule has 0 bridgehead atoms. The second kappa shape index (κ2) is 8.16. The highest BCUT2D eigenvalue weighted by Gasteiger charge is 2.76. The average Bonchev–Trinajstić information content (AvgIpc) is 3.20. The lowest BCUT2D eigenvalue weighted by Gasteiger charge is -2.50. The zero-order valence-corrected chi connectivity index (χ0v) is 22.6. The lowest BCUT2D eigenvalue weighted by Crippen LogP contribution is -2.60. The molecule has 10 heteroatoms. The van der Waals surface area contributed by atoms with Gasteiger partial charge < -0.3 is 5.11 Å². The van der Waals surface area contributed by atoms with E-state index in [-0.39, 0.29) is 30.4 Å². The fourth-order valence-electron chi connectivity index (χ4n) is 6.67. The number of allylic oxidation sites excluding steroid dienone is 2. The molecule has 0 spiro atoms. The first-order chi connectivity index (χ1) is 17.5. The predicted molar refractivity (Wildman–Crippen MR) is 140 cm³/mol. The molecule has 1 saturated carbocycles. The molecule has 0 aromatic heterocycles. The minimum absolute atomic E-state index is 0.0860. The van der Waals surface area contributed by atoms with Crippen molar-refractivity contribution in [2.24, 2.45) is 17.8 Å². The van der Waals surface area contributed by atoms with Crippen molar-refractivity contribution in [3.05, 3.63) is 70.2 Å². The highest BCUT2D eigenvalue weighted by atomic mass is 79.9. The van der Waals surface area contributed by atoms with Gasteiger partial charge in [0.15, 0.2) is 9.75 Å². The highest BCUT2D eigenvalue weighted by molar-refractivity contribution is 9.10. The van der Waals surface area contributed by atoms with Crippen molar-refractivity contribution in [1.82, 2.24) is 4.90 Å². The smallest absolute Gasteiger partial charge is 0.253 e. The maximum absolute atomic E-state index is 13.9. The summed E-state index contributed by atoms with van der Waals surface area (Å²) in [5.74, 6) is -5.13. The first kappa shape index (κ1) is 24.6. The van der Waals surface area contributed by atoms with E-state index < -0.39 is 45.2 Å². The topological polar surface area (TPSA) is 95.0 Å². The van der Waals surface area contributed by atoms with E-state index in [0.717, 1.165) is 9.37 Å². The molecule has 6 atom stereocenters. The number of phenols is 1. The Balaban J connectivity index is 1.52. The van der Waals surface area contributed by atoms with Crippen LogP contribution in [0.5, 0.6) is 5.75 Å². The van der Waals surface area contributed by atoms with E-state index in [1.807, 2.05) is 6.08 Å². The molecule has 7 nitrogen and oxygen atoms in total. The van der Waals surface area contributed by atoms with Gasteiger partial charge >= 0.3 is 0 Å². The van der Waals surface area contributed by atoms with Crippen LogP contribution in [-0.4, -0.2) is 50.4 Å². The fraction of sp³-hybridized carbons (Fsp3) is 0.333. The van der Waals surface area contributed by atoms with Crippen molar-refractivity contribution < 1.29 is 24.3 Å². The molecule has 2 aromatic carbocycles. The van der Waals surface area contributed by atoms with Crippen LogP contribution in [0.2, 0.25) is 0 Å². The largest absolute Gasteiger partial charge is 0.508 e. The Hall–Kier alpha value is -2.68. The molecule has 2 saturated heterocycles. The number of nitrogens with zero attached hydrogens (tertiary/aromatic N) is 2. The van der Waals surface area contributed by atoms with Gasteiger partial charge in [0, 0.05) is 23.0 Å². The third-order valence-corrected chi connectivity index (χ3v) is 10.3. The molecular formula is C27H21BrCl2N2O5. The van der Waals surface area contributed by atoms with Gasteiger partial charge in [0.05, 0.1) is 17.5 Å². The molecule has 37 heavy (non-hydrogen) atoms. The number of carbonyl (C=O) groups is 4. The summed E-state index contributed by atoms with van der Waals surface area (Å²) in [6.45, 7) is 0.